The molecule has 0 saturated carbocycles. The highest BCUT2D eigenvalue weighted by Crippen LogP contribution is 2.27. The number of aromatic nitrogens is 1. The van der Waals surface area contributed by atoms with Gasteiger partial charge in [-0.05, 0) is 24.6 Å². The standard InChI is InChI=1S/C12H11N3O3/c1-8-6-10(15(16)17)3-4-11(8)18-12-5-2-9(13)7-14-12/h2-7H,13H2,1H3. The summed E-state index contributed by atoms with van der Waals surface area (Å²) in [6.07, 6.45) is 1.48. The second kappa shape index (κ2) is 4.70. The molecule has 2 aromatic rings. The van der Waals surface area contributed by atoms with Crippen molar-refractivity contribution < 1.29 is 9.66 Å². The first-order valence-corrected chi connectivity index (χ1v) is 5.20. The second-order valence-corrected chi connectivity index (χ2v) is 3.74. The molecule has 2 N–H and O–H groups in total. The van der Waals surface area contributed by atoms with Crippen LogP contribution in [0.3, 0.4) is 0 Å². The number of nitrogens with zero attached hydrogens (tertiary/aromatic N) is 2. The van der Waals surface area contributed by atoms with Gasteiger partial charge in [0.1, 0.15) is 5.75 Å². The summed E-state index contributed by atoms with van der Waals surface area (Å²) in [5.74, 6) is 0.916. The molecule has 18 heavy (non-hydrogen) atoms. The molecular weight excluding hydrogens is 234 g/mol. The Hall–Kier alpha value is -2.63. The number of nitro groups is 1. The molecule has 0 aliphatic carbocycles. The number of rotatable bonds is 3. The Kier molecular flexibility index (Phi) is 3.09. The van der Waals surface area contributed by atoms with Crippen molar-refractivity contribution in [3.63, 3.8) is 0 Å². The van der Waals surface area contributed by atoms with E-state index in [0.717, 1.165) is 0 Å². The van der Waals surface area contributed by atoms with Gasteiger partial charge in [0.05, 0.1) is 16.8 Å². The maximum Gasteiger partial charge on any atom is 0.269 e. The van der Waals surface area contributed by atoms with E-state index in [1.165, 1.54) is 18.3 Å². The highest BCUT2D eigenvalue weighted by molar-refractivity contribution is 5.45. The van der Waals surface area contributed by atoms with E-state index in [2.05, 4.69) is 4.98 Å². The van der Waals surface area contributed by atoms with Crippen molar-refractivity contribution in [2.45, 2.75) is 6.92 Å². The third-order valence-corrected chi connectivity index (χ3v) is 2.34. The molecule has 1 heterocycles. The van der Waals surface area contributed by atoms with Crippen LogP contribution in [0.1, 0.15) is 5.56 Å². The summed E-state index contributed by atoms with van der Waals surface area (Å²) in [5.41, 5.74) is 6.76. The average Bonchev–Trinajstić information content (AvgIpc) is 2.34. The van der Waals surface area contributed by atoms with Crippen LogP contribution >= 0.6 is 0 Å². The molecule has 0 bridgehead atoms. The van der Waals surface area contributed by atoms with Crippen molar-refractivity contribution in [2.75, 3.05) is 5.73 Å². The zero-order chi connectivity index (χ0) is 13.1. The minimum atomic E-state index is -0.446. The number of anilines is 1. The highest BCUT2D eigenvalue weighted by Gasteiger charge is 2.09. The maximum atomic E-state index is 10.6. The number of non-ortho nitro benzene ring substituents is 1. The smallest absolute Gasteiger partial charge is 0.269 e. The van der Waals surface area contributed by atoms with Crippen molar-refractivity contribution in [1.29, 1.82) is 0 Å². The van der Waals surface area contributed by atoms with E-state index >= 15 is 0 Å². The van der Waals surface area contributed by atoms with Crippen LogP contribution in [0.5, 0.6) is 11.6 Å². The molecule has 0 amide bonds. The Morgan fingerprint density at radius 3 is 2.67 bits per heavy atom. The molecule has 0 aliphatic heterocycles. The van der Waals surface area contributed by atoms with Crippen molar-refractivity contribution in [2.24, 2.45) is 0 Å². The van der Waals surface area contributed by atoms with Crippen LogP contribution in [0.2, 0.25) is 0 Å². The fourth-order valence-electron chi connectivity index (χ4n) is 1.43. The summed E-state index contributed by atoms with van der Waals surface area (Å²) in [7, 11) is 0. The van der Waals surface area contributed by atoms with Gasteiger partial charge in [-0.3, -0.25) is 10.1 Å². The van der Waals surface area contributed by atoms with Crippen LogP contribution in [0.15, 0.2) is 36.5 Å². The van der Waals surface area contributed by atoms with Crippen LogP contribution in [0.4, 0.5) is 11.4 Å². The molecule has 1 aromatic carbocycles. The van der Waals surface area contributed by atoms with Gasteiger partial charge in [-0.1, -0.05) is 0 Å². The van der Waals surface area contributed by atoms with Gasteiger partial charge in [0.15, 0.2) is 0 Å². The Balaban J connectivity index is 2.24. The summed E-state index contributed by atoms with van der Waals surface area (Å²) in [6, 6.07) is 7.69. The van der Waals surface area contributed by atoms with E-state index in [9.17, 15) is 10.1 Å². The molecule has 1 aromatic heterocycles. The molecular formula is C12H11N3O3. The molecule has 0 atom stereocenters. The van der Waals surface area contributed by atoms with Crippen molar-refractivity contribution >= 4 is 11.4 Å². The first-order valence-electron chi connectivity index (χ1n) is 5.20. The summed E-state index contributed by atoms with van der Waals surface area (Å²) in [4.78, 5) is 14.1. The van der Waals surface area contributed by atoms with E-state index in [-0.39, 0.29) is 5.69 Å². The predicted octanol–water partition coefficient (Wildman–Crippen LogP) is 2.67. The molecule has 0 radical (unpaired) electrons. The monoisotopic (exact) mass is 245 g/mol. The summed E-state index contributed by atoms with van der Waals surface area (Å²) in [5, 5.41) is 10.6. The molecule has 2 rings (SSSR count). The number of nitrogen functional groups attached to an aromatic ring is 1. The van der Waals surface area contributed by atoms with Crippen LogP contribution in [-0.2, 0) is 0 Å². The third-order valence-electron chi connectivity index (χ3n) is 2.34. The number of benzene rings is 1. The number of pyridine rings is 1. The van der Waals surface area contributed by atoms with Gasteiger partial charge in [-0.15, -0.1) is 0 Å². The molecule has 0 fully saturated rings. The molecule has 6 heteroatoms. The number of hydrogen-bond acceptors (Lipinski definition) is 5. The topological polar surface area (TPSA) is 91.3 Å². The lowest BCUT2D eigenvalue weighted by molar-refractivity contribution is -0.384. The summed E-state index contributed by atoms with van der Waals surface area (Å²) >= 11 is 0. The van der Waals surface area contributed by atoms with Crippen LogP contribution < -0.4 is 10.5 Å². The molecule has 0 unspecified atom stereocenters. The van der Waals surface area contributed by atoms with E-state index in [1.54, 1.807) is 25.1 Å². The Morgan fingerprint density at radius 2 is 2.11 bits per heavy atom. The van der Waals surface area contributed by atoms with Gasteiger partial charge >= 0.3 is 0 Å². The van der Waals surface area contributed by atoms with Crippen LogP contribution in [-0.4, -0.2) is 9.91 Å². The first-order chi connectivity index (χ1) is 8.56. The lowest BCUT2D eigenvalue weighted by Gasteiger charge is -2.07. The van der Waals surface area contributed by atoms with E-state index < -0.39 is 4.92 Å². The Bertz CT molecular complexity index is 582. The molecule has 6 nitrogen and oxygen atoms in total. The number of aryl methyl sites for hydroxylation is 1. The third kappa shape index (κ3) is 2.54. The quantitative estimate of drug-likeness (QED) is 0.663. The van der Waals surface area contributed by atoms with Crippen molar-refractivity contribution in [1.82, 2.24) is 4.98 Å². The van der Waals surface area contributed by atoms with Crippen molar-refractivity contribution in [3.05, 3.63) is 52.2 Å². The normalized spacial score (nSPS) is 10.1. The fraction of sp³-hybridized carbons (Fsp3) is 0.0833. The van der Waals surface area contributed by atoms with E-state index in [4.69, 9.17) is 10.5 Å². The molecule has 0 spiro atoms. The lowest BCUT2D eigenvalue weighted by Crippen LogP contribution is -1.93. The summed E-state index contributed by atoms with van der Waals surface area (Å²) < 4.78 is 5.51. The SMILES string of the molecule is Cc1cc([N+](=O)[O-])ccc1Oc1ccc(N)cn1. The maximum absolute atomic E-state index is 10.6. The zero-order valence-corrected chi connectivity index (χ0v) is 9.66. The number of hydrogen-bond donors (Lipinski definition) is 1. The molecule has 92 valence electrons. The predicted molar refractivity (Wildman–Crippen MR) is 66.6 cm³/mol. The van der Waals surface area contributed by atoms with Crippen LogP contribution in [0.25, 0.3) is 0 Å². The number of nitrogens with two attached hydrogens (primary N) is 1. The van der Waals surface area contributed by atoms with Gasteiger partial charge in [0.25, 0.3) is 5.69 Å². The first kappa shape index (κ1) is 11.8. The van der Waals surface area contributed by atoms with Crippen molar-refractivity contribution in [3.8, 4) is 11.6 Å². The lowest BCUT2D eigenvalue weighted by atomic mass is 10.2. The van der Waals surface area contributed by atoms with E-state index in [0.29, 0.717) is 22.9 Å². The average molecular weight is 245 g/mol. The van der Waals surface area contributed by atoms with E-state index in [1.807, 2.05) is 0 Å². The van der Waals surface area contributed by atoms with Gasteiger partial charge in [-0.25, -0.2) is 4.98 Å². The minimum absolute atomic E-state index is 0.0325. The van der Waals surface area contributed by atoms with Crippen LogP contribution in [0, 0.1) is 17.0 Å². The number of ether oxygens (including phenoxy) is 1. The largest absolute Gasteiger partial charge is 0.439 e. The fourth-order valence-corrected chi connectivity index (χ4v) is 1.43. The molecule has 0 saturated heterocycles. The molecule has 0 aliphatic rings. The summed E-state index contributed by atoms with van der Waals surface area (Å²) in [6.45, 7) is 1.74. The minimum Gasteiger partial charge on any atom is -0.439 e. The Morgan fingerprint density at radius 1 is 1.33 bits per heavy atom. The Labute approximate surface area is 103 Å². The van der Waals surface area contributed by atoms with Gasteiger partial charge < -0.3 is 10.5 Å². The number of nitro benzene ring substituents is 1. The van der Waals surface area contributed by atoms with Gasteiger partial charge in [0, 0.05) is 18.2 Å². The van der Waals surface area contributed by atoms with Gasteiger partial charge in [0.2, 0.25) is 5.88 Å². The second-order valence-electron chi connectivity index (χ2n) is 3.74. The van der Waals surface area contributed by atoms with Gasteiger partial charge in [-0.2, -0.15) is 0 Å². The zero-order valence-electron chi connectivity index (χ0n) is 9.66. The highest BCUT2D eigenvalue weighted by atomic mass is 16.6.